The van der Waals surface area contributed by atoms with Crippen molar-refractivity contribution in [3.63, 3.8) is 0 Å². The highest BCUT2D eigenvalue weighted by Gasteiger charge is 2.21. The van der Waals surface area contributed by atoms with Crippen LogP contribution in [0, 0.1) is 6.92 Å². The normalized spacial score (nSPS) is 11.8. The Morgan fingerprint density at radius 2 is 1.82 bits per heavy atom. The average molecular weight is 396 g/mol. The van der Waals surface area contributed by atoms with E-state index in [4.69, 9.17) is 9.15 Å². The number of hydrogen-bond donors (Lipinski definition) is 0. The van der Waals surface area contributed by atoms with Crippen LogP contribution in [-0.2, 0) is 9.53 Å². The lowest BCUT2D eigenvalue weighted by Gasteiger charge is -2.12. The summed E-state index contributed by atoms with van der Waals surface area (Å²) < 4.78 is 11.2. The summed E-state index contributed by atoms with van der Waals surface area (Å²) >= 11 is 1.31. The smallest absolute Gasteiger partial charge is 0.340 e. The number of thioether (sulfide) groups is 1. The summed E-state index contributed by atoms with van der Waals surface area (Å²) in [6.45, 7) is 5.18. The average Bonchev–Trinajstić information content (AvgIpc) is 3.17. The highest BCUT2D eigenvalue weighted by molar-refractivity contribution is 8.00. The molecule has 0 N–H and O–H groups in total. The monoisotopic (exact) mass is 396 g/mol. The van der Waals surface area contributed by atoms with Crippen molar-refractivity contribution in [3.8, 4) is 11.5 Å². The number of aromatic nitrogens is 2. The summed E-state index contributed by atoms with van der Waals surface area (Å²) in [6.07, 6.45) is -0.704. The van der Waals surface area contributed by atoms with Gasteiger partial charge in [-0.2, -0.15) is 0 Å². The van der Waals surface area contributed by atoms with Gasteiger partial charge in [0.05, 0.1) is 11.3 Å². The number of esters is 1. The second-order valence-corrected chi connectivity index (χ2v) is 7.36. The third-order valence-electron chi connectivity index (χ3n) is 3.91. The molecule has 2 aromatic carbocycles. The summed E-state index contributed by atoms with van der Waals surface area (Å²) in [6, 6.07) is 14.7. The van der Waals surface area contributed by atoms with Crippen LogP contribution >= 0.6 is 11.8 Å². The predicted molar refractivity (Wildman–Crippen MR) is 106 cm³/mol. The third kappa shape index (κ3) is 4.86. The van der Waals surface area contributed by atoms with Gasteiger partial charge < -0.3 is 9.15 Å². The van der Waals surface area contributed by atoms with Gasteiger partial charge in [-0.1, -0.05) is 29.8 Å². The lowest BCUT2D eigenvalue weighted by Crippen LogP contribution is -2.11. The van der Waals surface area contributed by atoms with E-state index < -0.39 is 12.1 Å². The Labute approximate surface area is 167 Å². The van der Waals surface area contributed by atoms with Gasteiger partial charge in [0.25, 0.3) is 5.89 Å². The van der Waals surface area contributed by atoms with Crippen molar-refractivity contribution in [2.45, 2.75) is 31.8 Å². The van der Waals surface area contributed by atoms with E-state index in [-0.39, 0.29) is 11.7 Å². The van der Waals surface area contributed by atoms with Gasteiger partial charge in [0.2, 0.25) is 5.89 Å². The molecule has 0 unspecified atom stereocenters. The molecule has 0 aliphatic carbocycles. The zero-order valence-electron chi connectivity index (χ0n) is 15.8. The zero-order valence-corrected chi connectivity index (χ0v) is 16.7. The van der Waals surface area contributed by atoms with Gasteiger partial charge in [-0.25, -0.2) is 4.79 Å². The minimum Gasteiger partial charge on any atom is -0.449 e. The maximum absolute atomic E-state index is 12.6. The topological polar surface area (TPSA) is 82.3 Å². The van der Waals surface area contributed by atoms with Crippen molar-refractivity contribution in [1.29, 1.82) is 0 Å². The molecule has 0 aliphatic rings. The van der Waals surface area contributed by atoms with Crippen molar-refractivity contribution in [1.82, 2.24) is 10.2 Å². The molecule has 3 rings (SSSR count). The largest absolute Gasteiger partial charge is 0.449 e. The van der Waals surface area contributed by atoms with Crippen LogP contribution in [0.15, 0.2) is 57.8 Å². The van der Waals surface area contributed by atoms with Crippen LogP contribution in [0.25, 0.3) is 11.5 Å². The fourth-order valence-electron chi connectivity index (χ4n) is 2.43. The first-order valence-corrected chi connectivity index (χ1v) is 9.75. The quantitative estimate of drug-likeness (QED) is 0.425. The number of carbonyl (C=O) groups is 2. The lowest BCUT2D eigenvalue weighted by molar-refractivity contribution is -0.114. The molecule has 0 bridgehead atoms. The Hall–Kier alpha value is -2.93. The first kappa shape index (κ1) is 19.8. The fourth-order valence-corrected chi connectivity index (χ4v) is 3.27. The summed E-state index contributed by atoms with van der Waals surface area (Å²) in [7, 11) is 0. The number of ether oxygens (including phenoxy) is 1. The lowest BCUT2D eigenvalue weighted by atomic mass is 10.1. The molecule has 1 atom stereocenters. The molecule has 144 valence electrons. The molecule has 0 saturated heterocycles. The second kappa shape index (κ2) is 8.84. The minimum atomic E-state index is -0.704. The van der Waals surface area contributed by atoms with E-state index in [0.717, 1.165) is 11.1 Å². The molecule has 0 fully saturated rings. The van der Waals surface area contributed by atoms with E-state index in [0.29, 0.717) is 22.1 Å². The number of ketones is 1. The van der Waals surface area contributed by atoms with Gasteiger partial charge in [0.15, 0.2) is 6.10 Å². The molecule has 0 saturated carbocycles. The van der Waals surface area contributed by atoms with Crippen LogP contribution < -0.4 is 0 Å². The molecule has 0 amide bonds. The Morgan fingerprint density at radius 1 is 1.11 bits per heavy atom. The molecule has 1 aromatic heterocycles. The Balaban J connectivity index is 1.71. The molecule has 0 spiro atoms. The summed E-state index contributed by atoms with van der Waals surface area (Å²) in [5.74, 6) is 0.419. The van der Waals surface area contributed by atoms with Crippen LogP contribution in [0.4, 0.5) is 0 Å². The van der Waals surface area contributed by atoms with Crippen LogP contribution in [0.2, 0.25) is 0 Å². The Morgan fingerprint density at radius 3 is 2.54 bits per heavy atom. The van der Waals surface area contributed by atoms with Gasteiger partial charge in [-0.3, -0.25) is 4.79 Å². The summed E-state index contributed by atoms with van der Waals surface area (Å²) in [5, 5.41) is 8.03. The maximum Gasteiger partial charge on any atom is 0.340 e. The number of nitrogens with zero attached hydrogens (tertiary/aromatic N) is 2. The molecule has 0 aliphatic heterocycles. The van der Waals surface area contributed by atoms with E-state index in [1.807, 2.05) is 37.3 Å². The van der Waals surface area contributed by atoms with E-state index in [9.17, 15) is 9.59 Å². The maximum atomic E-state index is 12.6. The number of carbonyl (C=O) groups excluding carboxylic acids is 2. The molecule has 3 aromatic rings. The number of benzene rings is 2. The molecule has 0 radical (unpaired) electrons. The van der Waals surface area contributed by atoms with E-state index >= 15 is 0 Å². The van der Waals surface area contributed by atoms with Crippen molar-refractivity contribution in [3.05, 3.63) is 65.5 Å². The van der Waals surface area contributed by atoms with Gasteiger partial charge in [-0.05, 0) is 45.0 Å². The van der Waals surface area contributed by atoms with Crippen molar-refractivity contribution in [2.75, 3.05) is 5.75 Å². The molecule has 1 heterocycles. The SMILES string of the molecule is CC(=O)CSc1ccccc1C(=O)O[C@H](C)c1nnc(-c2ccc(C)cc2)o1. The molecule has 7 heteroatoms. The molecule has 6 nitrogen and oxygen atoms in total. The Kier molecular flexibility index (Phi) is 6.26. The first-order chi connectivity index (χ1) is 13.4. The van der Waals surface area contributed by atoms with Crippen LogP contribution in [-0.4, -0.2) is 27.7 Å². The molecule has 28 heavy (non-hydrogen) atoms. The third-order valence-corrected chi connectivity index (χ3v) is 5.13. The predicted octanol–water partition coefficient (Wildman–Crippen LogP) is 4.64. The van der Waals surface area contributed by atoms with E-state index in [1.54, 1.807) is 25.1 Å². The van der Waals surface area contributed by atoms with E-state index in [1.165, 1.54) is 18.7 Å². The number of aryl methyl sites for hydroxylation is 1. The molecular formula is C21H20N2O4S. The van der Waals surface area contributed by atoms with Gasteiger partial charge in [0.1, 0.15) is 5.78 Å². The molecular weight excluding hydrogens is 376 g/mol. The zero-order chi connectivity index (χ0) is 20.1. The van der Waals surface area contributed by atoms with Crippen molar-refractivity contribution in [2.24, 2.45) is 0 Å². The number of rotatable bonds is 7. The number of Topliss-reactive ketones (excluding diaryl/α,β-unsaturated/α-hetero) is 1. The Bertz CT molecular complexity index is 982. The summed E-state index contributed by atoms with van der Waals surface area (Å²) in [4.78, 5) is 24.5. The standard InChI is InChI=1S/C21H20N2O4S/c1-13-8-10-16(11-9-13)20-23-22-19(27-20)15(3)26-21(25)17-6-4-5-7-18(17)28-12-14(2)24/h4-11,15H,12H2,1-3H3/t15-/m1/s1. The fraction of sp³-hybridized carbons (Fsp3) is 0.238. The first-order valence-electron chi connectivity index (χ1n) is 8.76. The van der Waals surface area contributed by atoms with Gasteiger partial charge >= 0.3 is 5.97 Å². The second-order valence-electron chi connectivity index (χ2n) is 6.35. The highest BCUT2D eigenvalue weighted by Crippen LogP contribution is 2.27. The van der Waals surface area contributed by atoms with E-state index in [2.05, 4.69) is 10.2 Å². The van der Waals surface area contributed by atoms with Gasteiger partial charge in [0, 0.05) is 10.5 Å². The van der Waals surface area contributed by atoms with Crippen LogP contribution in [0.5, 0.6) is 0 Å². The minimum absolute atomic E-state index is 0.0380. The van der Waals surface area contributed by atoms with Gasteiger partial charge in [-0.15, -0.1) is 22.0 Å². The highest BCUT2D eigenvalue weighted by atomic mass is 32.2. The van der Waals surface area contributed by atoms with Crippen molar-refractivity contribution >= 4 is 23.5 Å². The van der Waals surface area contributed by atoms with Crippen molar-refractivity contribution < 1.29 is 18.7 Å². The number of hydrogen-bond acceptors (Lipinski definition) is 7. The summed E-state index contributed by atoms with van der Waals surface area (Å²) in [5.41, 5.74) is 2.33. The van der Waals surface area contributed by atoms with Crippen LogP contribution in [0.3, 0.4) is 0 Å². The van der Waals surface area contributed by atoms with Crippen LogP contribution in [0.1, 0.15) is 41.8 Å².